The molecule has 0 spiro atoms. The highest BCUT2D eigenvalue weighted by atomic mass is 79.9. The van der Waals surface area contributed by atoms with Gasteiger partial charge < -0.3 is 10.1 Å². The largest absolute Gasteiger partial charge is 0.454 e. The first kappa shape index (κ1) is 21.6. The number of anilines is 1. The fourth-order valence-electron chi connectivity index (χ4n) is 2.62. The number of carbonyl (C=O) groups excluding carboxylic acids is 1. The minimum absolute atomic E-state index is 0.0748. The molecule has 0 saturated heterocycles. The molecule has 150 valence electrons. The molecule has 3 nitrogen and oxygen atoms in total. The molecule has 29 heavy (non-hydrogen) atoms. The highest BCUT2D eigenvalue weighted by Crippen LogP contribution is 2.28. The van der Waals surface area contributed by atoms with E-state index in [0.29, 0.717) is 22.0 Å². The van der Waals surface area contributed by atoms with Crippen LogP contribution in [0, 0.1) is 5.82 Å². The fraction of sp³-hybridized carbons (Fsp3) is 0.136. The maximum atomic E-state index is 14.4. The van der Waals surface area contributed by atoms with E-state index in [0.717, 1.165) is 18.2 Å². The van der Waals surface area contributed by atoms with Crippen LogP contribution in [-0.4, -0.2) is 11.2 Å². The van der Waals surface area contributed by atoms with Crippen LogP contribution in [0.15, 0.2) is 60.7 Å². The summed E-state index contributed by atoms with van der Waals surface area (Å²) in [6, 6.07) is 16.3. The van der Waals surface area contributed by atoms with Crippen LogP contribution in [0.2, 0.25) is 10.0 Å². The Balaban J connectivity index is 1.66. The topological polar surface area (TPSA) is 38.3 Å². The summed E-state index contributed by atoms with van der Waals surface area (Å²) in [6.45, 7) is 0. The predicted molar refractivity (Wildman–Crippen MR) is 119 cm³/mol. The molecule has 0 aliphatic rings. The van der Waals surface area contributed by atoms with Crippen molar-refractivity contribution in [2.45, 2.75) is 12.8 Å². The van der Waals surface area contributed by atoms with Gasteiger partial charge in [-0.1, -0.05) is 51.3 Å². The van der Waals surface area contributed by atoms with Crippen molar-refractivity contribution in [1.82, 2.24) is 0 Å². The monoisotopic (exact) mass is 495 g/mol. The zero-order valence-corrected chi connectivity index (χ0v) is 18.3. The molecule has 0 fully saturated rings. The molecular weight excluding hydrogens is 480 g/mol. The van der Waals surface area contributed by atoms with Crippen LogP contribution in [-0.2, 0) is 6.42 Å². The number of halogens is 4. The molecule has 3 aromatic carbocycles. The third kappa shape index (κ3) is 5.95. The number of hydrogen-bond donors (Lipinski definition) is 1. The molecule has 0 aliphatic carbocycles. The van der Waals surface area contributed by atoms with Crippen LogP contribution in [0.1, 0.15) is 22.3 Å². The van der Waals surface area contributed by atoms with Gasteiger partial charge in [-0.15, -0.1) is 0 Å². The Kier molecular flexibility index (Phi) is 7.53. The Labute approximate surface area is 186 Å². The first-order valence-electron chi connectivity index (χ1n) is 8.85. The molecule has 0 bridgehead atoms. The minimum atomic E-state index is -0.583. The molecule has 7 heteroatoms. The van der Waals surface area contributed by atoms with Crippen LogP contribution in [0.3, 0.4) is 0 Å². The highest BCUT2D eigenvalue weighted by Gasteiger charge is 2.11. The van der Waals surface area contributed by atoms with Gasteiger partial charge in [-0.05, 0) is 60.9 Å². The number of nitrogens with one attached hydrogen (secondary N) is 1. The number of aryl methyl sites for hydroxylation is 1. The third-order valence-corrected chi connectivity index (χ3v) is 5.42. The van der Waals surface area contributed by atoms with E-state index in [-0.39, 0.29) is 10.8 Å². The number of amides is 1. The second-order valence-electron chi connectivity index (χ2n) is 6.27. The SMILES string of the molecule is O=C(Nc1ccc(Oc2ccc(CCCBr)cc2)c(F)c1)c1ccc(Cl)c(Cl)c1. The number of rotatable bonds is 7. The van der Waals surface area contributed by atoms with Crippen LogP contribution < -0.4 is 10.1 Å². The van der Waals surface area contributed by atoms with E-state index in [9.17, 15) is 9.18 Å². The number of ether oxygens (including phenoxy) is 1. The first-order chi connectivity index (χ1) is 14.0. The van der Waals surface area contributed by atoms with E-state index in [4.69, 9.17) is 27.9 Å². The average molecular weight is 497 g/mol. The van der Waals surface area contributed by atoms with Gasteiger partial charge in [0, 0.05) is 22.6 Å². The lowest BCUT2D eigenvalue weighted by molar-refractivity contribution is 0.102. The fourth-order valence-corrected chi connectivity index (χ4v) is 3.20. The van der Waals surface area contributed by atoms with Gasteiger partial charge in [-0.25, -0.2) is 4.39 Å². The highest BCUT2D eigenvalue weighted by molar-refractivity contribution is 9.09. The molecule has 0 aromatic heterocycles. The van der Waals surface area contributed by atoms with Gasteiger partial charge in [0.05, 0.1) is 10.0 Å². The summed E-state index contributed by atoms with van der Waals surface area (Å²) in [5.74, 6) is -0.388. The van der Waals surface area contributed by atoms with Crippen LogP contribution in [0.25, 0.3) is 0 Å². The van der Waals surface area contributed by atoms with Crippen molar-refractivity contribution in [3.63, 3.8) is 0 Å². The normalized spacial score (nSPS) is 10.6. The third-order valence-electron chi connectivity index (χ3n) is 4.12. The summed E-state index contributed by atoms with van der Waals surface area (Å²) < 4.78 is 20.0. The molecule has 0 saturated carbocycles. The number of carbonyl (C=O) groups is 1. The lowest BCUT2D eigenvalue weighted by Gasteiger charge is -2.10. The zero-order chi connectivity index (χ0) is 20.8. The second kappa shape index (κ2) is 10.1. The second-order valence-corrected chi connectivity index (χ2v) is 7.87. The first-order valence-corrected chi connectivity index (χ1v) is 10.7. The lowest BCUT2D eigenvalue weighted by Crippen LogP contribution is -2.12. The van der Waals surface area contributed by atoms with Crippen molar-refractivity contribution in [2.24, 2.45) is 0 Å². The smallest absolute Gasteiger partial charge is 0.255 e. The quantitative estimate of drug-likeness (QED) is 0.344. The summed E-state index contributed by atoms with van der Waals surface area (Å²) in [5.41, 5.74) is 1.81. The molecule has 0 atom stereocenters. The predicted octanol–water partition coefficient (Wildman–Crippen LogP) is 7.50. The Morgan fingerprint density at radius 2 is 1.76 bits per heavy atom. The standard InChI is InChI=1S/C22H17BrCl2FNO2/c23-11-1-2-14-3-7-17(8-4-14)29-21-10-6-16(13-20(21)26)27-22(28)15-5-9-18(24)19(25)12-15/h3-10,12-13H,1-2,11H2,(H,27,28). The Hall–Kier alpha value is -2.08. The van der Waals surface area contributed by atoms with E-state index in [1.165, 1.54) is 29.8 Å². The van der Waals surface area contributed by atoms with Crippen molar-refractivity contribution >= 4 is 50.7 Å². The van der Waals surface area contributed by atoms with Crippen LogP contribution >= 0.6 is 39.1 Å². The van der Waals surface area contributed by atoms with Crippen molar-refractivity contribution in [3.8, 4) is 11.5 Å². The van der Waals surface area contributed by atoms with Crippen molar-refractivity contribution in [3.05, 3.63) is 87.7 Å². The van der Waals surface area contributed by atoms with E-state index in [1.54, 1.807) is 12.1 Å². The lowest BCUT2D eigenvalue weighted by atomic mass is 10.1. The molecule has 1 N–H and O–H groups in total. The van der Waals surface area contributed by atoms with Gasteiger partial charge >= 0.3 is 0 Å². The van der Waals surface area contributed by atoms with Crippen molar-refractivity contribution in [1.29, 1.82) is 0 Å². The molecule has 1 amide bonds. The van der Waals surface area contributed by atoms with Gasteiger partial charge in [0.25, 0.3) is 5.91 Å². The summed E-state index contributed by atoms with van der Waals surface area (Å²) in [4.78, 5) is 12.3. The maximum Gasteiger partial charge on any atom is 0.255 e. The number of hydrogen-bond acceptors (Lipinski definition) is 2. The summed E-state index contributed by atoms with van der Waals surface area (Å²) >= 11 is 15.2. The molecular formula is C22H17BrCl2FNO2. The van der Waals surface area contributed by atoms with Crippen LogP contribution in [0.4, 0.5) is 10.1 Å². The van der Waals surface area contributed by atoms with E-state index in [1.807, 2.05) is 24.3 Å². The number of benzene rings is 3. The zero-order valence-electron chi connectivity index (χ0n) is 15.2. The maximum absolute atomic E-state index is 14.4. The molecule has 0 radical (unpaired) electrons. The Morgan fingerprint density at radius 1 is 1.00 bits per heavy atom. The minimum Gasteiger partial charge on any atom is -0.454 e. The van der Waals surface area contributed by atoms with Crippen molar-refractivity contribution in [2.75, 3.05) is 10.6 Å². The molecule has 3 rings (SSSR count). The average Bonchev–Trinajstić information content (AvgIpc) is 2.71. The van der Waals surface area contributed by atoms with E-state index in [2.05, 4.69) is 21.2 Å². The molecule has 0 unspecified atom stereocenters. The molecule has 3 aromatic rings. The summed E-state index contributed by atoms with van der Waals surface area (Å²) in [6.07, 6.45) is 2.01. The van der Waals surface area contributed by atoms with Crippen LogP contribution in [0.5, 0.6) is 11.5 Å². The summed E-state index contributed by atoms with van der Waals surface area (Å²) in [7, 11) is 0. The Bertz CT molecular complexity index is 1010. The van der Waals surface area contributed by atoms with Gasteiger partial charge in [0.2, 0.25) is 0 Å². The van der Waals surface area contributed by atoms with E-state index >= 15 is 0 Å². The van der Waals surface area contributed by atoms with Gasteiger partial charge in [0.1, 0.15) is 5.75 Å². The summed E-state index contributed by atoms with van der Waals surface area (Å²) in [5, 5.41) is 4.20. The van der Waals surface area contributed by atoms with Gasteiger partial charge in [0.15, 0.2) is 11.6 Å². The molecule has 0 heterocycles. The Morgan fingerprint density at radius 3 is 2.41 bits per heavy atom. The van der Waals surface area contributed by atoms with Gasteiger partial charge in [-0.2, -0.15) is 0 Å². The number of alkyl halides is 1. The van der Waals surface area contributed by atoms with Gasteiger partial charge in [-0.3, -0.25) is 4.79 Å². The molecule has 0 aliphatic heterocycles. The van der Waals surface area contributed by atoms with Crippen molar-refractivity contribution < 1.29 is 13.9 Å². The van der Waals surface area contributed by atoms with E-state index < -0.39 is 11.7 Å².